The van der Waals surface area contributed by atoms with Crippen molar-refractivity contribution in [2.75, 3.05) is 0 Å². The van der Waals surface area contributed by atoms with Crippen LogP contribution >= 0.6 is 0 Å². The van der Waals surface area contributed by atoms with Gasteiger partial charge in [0.15, 0.2) is 0 Å². The van der Waals surface area contributed by atoms with Gasteiger partial charge >= 0.3 is 0 Å². The molecule has 0 N–H and O–H groups in total. The Kier molecular flexibility index (Phi) is 1.90. The third kappa shape index (κ3) is 1.32. The van der Waals surface area contributed by atoms with Gasteiger partial charge in [0.1, 0.15) is 24.4 Å². The van der Waals surface area contributed by atoms with Crippen molar-refractivity contribution in [2.24, 2.45) is 0 Å². The smallest absolute Gasteiger partial charge is 0.114 e. The van der Waals surface area contributed by atoms with Crippen molar-refractivity contribution in [1.82, 2.24) is 0 Å². The summed E-state index contributed by atoms with van der Waals surface area (Å²) in [7, 11) is 0. The number of rotatable bonds is 0. The predicted octanol–water partition coefficient (Wildman–Crippen LogP) is 5.27. The van der Waals surface area contributed by atoms with Gasteiger partial charge in [-0.3, -0.25) is 0 Å². The van der Waals surface area contributed by atoms with Gasteiger partial charge in [0.25, 0.3) is 0 Å². The second kappa shape index (κ2) is 3.80. The molecule has 0 unspecified atom stereocenters. The van der Waals surface area contributed by atoms with E-state index < -0.39 is 0 Å². The van der Waals surface area contributed by atoms with Crippen LogP contribution in [-0.4, -0.2) is 0 Å². The van der Waals surface area contributed by atoms with Gasteiger partial charge in [-0.05, 0) is 56.6 Å². The van der Waals surface area contributed by atoms with Crippen LogP contribution in [0.4, 0.5) is 0 Å². The molecule has 2 fully saturated rings. The number of fused-ring (bicyclic) bond motifs is 12. The zero-order valence-corrected chi connectivity index (χ0v) is 12.9. The Balaban J connectivity index is 1.55. The van der Waals surface area contributed by atoms with E-state index in [4.69, 9.17) is 9.47 Å². The van der Waals surface area contributed by atoms with E-state index in [-0.39, 0.29) is 24.4 Å². The summed E-state index contributed by atoms with van der Waals surface area (Å²) in [5.41, 5.74) is 10.7. The molecule has 0 bridgehead atoms. The van der Waals surface area contributed by atoms with E-state index in [9.17, 15) is 0 Å². The number of hydrogen-bond donors (Lipinski definition) is 0. The Morgan fingerprint density at radius 3 is 1.38 bits per heavy atom. The molecule has 24 heavy (non-hydrogen) atoms. The molecule has 0 saturated carbocycles. The molecule has 7 rings (SSSR count). The molecule has 0 spiro atoms. The molecule has 3 aromatic rings. The fraction of sp³-hybridized carbons (Fsp3) is 0.182. The number of hydrogen-bond acceptors (Lipinski definition) is 2. The van der Waals surface area contributed by atoms with Crippen LogP contribution in [0.1, 0.15) is 46.7 Å². The van der Waals surface area contributed by atoms with E-state index in [0.29, 0.717) is 0 Å². The summed E-state index contributed by atoms with van der Waals surface area (Å²) in [6.07, 6.45) is 0.946. The highest BCUT2D eigenvalue weighted by Crippen LogP contribution is 2.64. The van der Waals surface area contributed by atoms with Crippen LogP contribution in [0.3, 0.4) is 0 Å². The molecular formula is C22H14O2. The fourth-order valence-electron chi connectivity index (χ4n) is 4.72. The minimum atomic E-state index is 0.227. The van der Waals surface area contributed by atoms with Crippen molar-refractivity contribution < 1.29 is 9.47 Å². The Hall–Kier alpha value is -2.42. The monoisotopic (exact) mass is 310 g/mol. The van der Waals surface area contributed by atoms with Crippen molar-refractivity contribution in [1.29, 1.82) is 0 Å². The molecule has 4 aliphatic rings. The standard InChI is InChI=1S/C22H14O2/c1-3-7-13-11(5-1)15-9-18-16(10-17(15)21-19(13)23-21)12-6-2-4-8-14(12)20-22(18)24-20/h1-10,19-22H/t19-,20+,21+,22-. The van der Waals surface area contributed by atoms with Crippen LogP contribution in [-0.2, 0) is 9.47 Å². The van der Waals surface area contributed by atoms with Gasteiger partial charge in [0, 0.05) is 0 Å². The van der Waals surface area contributed by atoms with Crippen molar-refractivity contribution in [3.8, 4) is 22.3 Å². The molecule has 114 valence electrons. The zero-order valence-electron chi connectivity index (χ0n) is 12.9. The third-order valence-corrected chi connectivity index (χ3v) is 5.93. The third-order valence-electron chi connectivity index (χ3n) is 5.93. The molecule has 0 radical (unpaired) electrons. The average Bonchev–Trinajstić information content (AvgIpc) is 3.54. The van der Waals surface area contributed by atoms with Crippen LogP contribution < -0.4 is 0 Å². The highest BCUT2D eigenvalue weighted by atomic mass is 16.6. The Bertz CT molecular complexity index is 966. The van der Waals surface area contributed by atoms with Gasteiger partial charge in [-0.25, -0.2) is 0 Å². The second-order valence-corrected chi connectivity index (χ2v) is 7.16. The number of ether oxygens (including phenoxy) is 2. The van der Waals surface area contributed by atoms with Crippen molar-refractivity contribution in [3.63, 3.8) is 0 Å². The van der Waals surface area contributed by atoms with Crippen LogP contribution in [0.2, 0.25) is 0 Å². The van der Waals surface area contributed by atoms with E-state index in [2.05, 4.69) is 60.7 Å². The normalized spacial score (nSPS) is 29.3. The van der Waals surface area contributed by atoms with Crippen LogP contribution in [0.25, 0.3) is 22.3 Å². The molecule has 3 aromatic carbocycles. The first-order valence-electron chi connectivity index (χ1n) is 8.57. The van der Waals surface area contributed by atoms with E-state index in [1.54, 1.807) is 0 Å². The Labute approximate surface area is 139 Å². The van der Waals surface area contributed by atoms with Crippen molar-refractivity contribution >= 4 is 0 Å². The molecule has 2 heterocycles. The summed E-state index contributed by atoms with van der Waals surface area (Å²) < 4.78 is 12.0. The molecule has 2 saturated heterocycles. The summed E-state index contributed by atoms with van der Waals surface area (Å²) in [6.45, 7) is 0. The van der Waals surface area contributed by atoms with E-state index >= 15 is 0 Å². The second-order valence-electron chi connectivity index (χ2n) is 7.16. The largest absolute Gasteiger partial charge is 0.359 e. The Morgan fingerprint density at radius 2 is 0.875 bits per heavy atom. The summed E-state index contributed by atoms with van der Waals surface area (Å²) in [5.74, 6) is 0. The molecule has 2 heteroatoms. The van der Waals surface area contributed by atoms with Crippen LogP contribution in [0, 0.1) is 0 Å². The fourth-order valence-corrected chi connectivity index (χ4v) is 4.72. The van der Waals surface area contributed by atoms with Gasteiger partial charge in [0.05, 0.1) is 0 Å². The maximum Gasteiger partial charge on any atom is 0.114 e. The summed E-state index contributed by atoms with van der Waals surface area (Å²) in [5, 5.41) is 0. The SMILES string of the molecule is c1ccc2c(c1)-c1cc3c(cc1[C@@H]1O[C@H]21)-c1ccccc1[C@@H]1O[C@H]31. The van der Waals surface area contributed by atoms with Crippen LogP contribution in [0.15, 0.2) is 60.7 Å². The lowest BCUT2D eigenvalue weighted by atomic mass is 9.78. The summed E-state index contributed by atoms with van der Waals surface area (Å²) in [4.78, 5) is 0. The van der Waals surface area contributed by atoms with Gasteiger partial charge in [-0.2, -0.15) is 0 Å². The maximum absolute atomic E-state index is 6.02. The molecule has 0 amide bonds. The van der Waals surface area contributed by atoms with Crippen molar-refractivity contribution in [3.05, 3.63) is 82.9 Å². The highest BCUT2D eigenvalue weighted by molar-refractivity contribution is 5.84. The number of epoxide rings is 2. The molecule has 4 atom stereocenters. The van der Waals surface area contributed by atoms with Gasteiger partial charge in [-0.15, -0.1) is 0 Å². The maximum atomic E-state index is 6.02. The molecule has 0 aromatic heterocycles. The first kappa shape index (κ1) is 12.0. The summed E-state index contributed by atoms with van der Waals surface area (Å²) in [6, 6.07) is 22.0. The Morgan fingerprint density at radius 1 is 0.458 bits per heavy atom. The topological polar surface area (TPSA) is 25.1 Å². The molecule has 2 aliphatic carbocycles. The lowest BCUT2D eigenvalue weighted by Crippen LogP contribution is -2.05. The lowest BCUT2D eigenvalue weighted by Gasteiger charge is -2.22. The minimum absolute atomic E-state index is 0.227. The minimum Gasteiger partial charge on any atom is -0.359 e. The lowest BCUT2D eigenvalue weighted by molar-refractivity contribution is 0.379. The first-order chi connectivity index (χ1) is 11.9. The van der Waals surface area contributed by atoms with Gasteiger partial charge in [0.2, 0.25) is 0 Å². The molecule has 2 aliphatic heterocycles. The van der Waals surface area contributed by atoms with Gasteiger partial charge < -0.3 is 9.47 Å². The van der Waals surface area contributed by atoms with Crippen LogP contribution in [0.5, 0.6) is 0 Å². The summed E-state index contributed by atoms with van der Waals surface area (Å²) >= 11 is 0. The van der Waals surface area contributed by atoms with E-state index in [0.717, 1.165) is 0 Å². The molecule has 2 nitrogen and oxygen atoms in total. The average molecular weight is 310 g/mol. The van der Waals surface area contributed by atoms with E-state index in [1.165, 1.54) is 44.5 Å². The quantitative estimate of drug-likeness (QED) is 0.528. The van der Waals surface area contributed by atoms with Gasteiger partial charge in [-0.1, -0.05) is 48.5 Å². The predicted molar refractivity (Wildman–Crippen MR) is 90.4 cm³/mol. The van der Waals surface area contributed by atoms with Crippen molar-refractivity contribution in [2.45, 2.75) is 24.4 Å². The first-order valence-corrected chi connectivity index (χ1v) is 8.57. The molecular weight excluding hydrogens is 296 g/mol. The highest BCUT2D eigenvalue weighted by Gasteiger charge is 2.51. The van der Waals surface area contributed by atoms with E-state index in [1.807, 2.05) is 0 Å². The zero-order chi connectivity index (χ0) is 15.4. The number of benzene rings is 3.